The van der Waals surface area contributed by atoms with E-state index < -0.39 is 0 Å². The second-order valence-electron chi connectivity index (χ2n) is 4.67. The number of nitrogens with zero attached hydrogens (tertiary/aromatic N) is 1. The first-order valence-electron chi connectivity index (χ1n) is 6.29. The van der Waals surface area contributed by atoms with Crippen LogP contribution in [-0.2, 0) is 0 Å². The van der Waals surface area contributed by atoms with Gasteiger partial charge in [0.25, 0.3) is 0 Å². The minimum absolute atomic E-state index is 0.172. The molecule has 0 aliphatic rings. The molecule has 1 aromatic heterocycles. The Morgan fingerprint density at radius 1 is 1.30 bits per heavy atom. The van der Waals surface area contributed by atoms with E-state index in [0.29, 0.717) is 0 Å². The van der Waals surface area contributed by atoms with Crippen LogP contribution in [-0.4, -0.2) is 12.1 Å². The zero-order valence-corrected chi connectivity index (χ0v) is 13.4. The molecule has 3 N–H and O–H groups in total. The highest BCUT2D eigenvalue weighted by atomic mass is 79.9. The summed E-state index contributed by atoms with van der Waals surface area (Å²) in [5, 5.41) is 0. The maximum atomic E-state index is 5.75. The molecule has 1 atom stereocenters. The molecule has 0 spiro atoms. The lowest BCUT2D eigenvalue weighted by Gasteiger charge is -2.21. The van der Waals surface area contributed by atoms with Gasteiger partial charge in [-0.05, 0) is 52.5 Å². The van der Waals surface area contributed by atoms with Crippen molar-refractivity contribution in [1.82, 2.24) is 10.4 Å². The summed E-state index contributed by atoms with van der Waals surface area (Å²) in [5.74, 6) is 6.60. The van der Waals surface area contributed by atoms with Gasteiger partial charge in [-0.1, -0.05) is 12.1 Å². The molecule has 106 valence electrons. The highest BCUT2D eigenvalue weighted by Gasteiger charge is 2.19. The van der Waals surface area contributed by atoms with Crippen molar-refractivity contribution in [3.63, 3.8) is 0 Å². The molecule has 2 rings (SSSR count). The number of benzene rings is 1. The van der Waals surface area contributed by atoms with E-state index in [1.165, 1.54) is 5.56 Å². The van der Waals surface area contributed by atoms with E-state index in [0.717, 1.165) is 26.9 Å². The maximum absolute atomic E-state index is 5.75. The summed E-state index contributed by atoms with van der Waals surface area (Å²) in [6.45, 7) is 4.11. The average Bonchev–Trinajstić information content (AvgIpc) is 2.44. The van der Waals surface area contributed by atoms with E-state index in [1.807, 2.05) is 19.1 Å². The first-order valence-corrected chi connectivity index (χ1v) is 7.08. The minimum Gasteiger partial charge on any atom is -0.496 e. The molecule has 5 heteroatoms. The van der Waals surface area contributed by atoms with Gasteiger partial charge in [0, 0.05) is 22.4 Å². The third kappa shape index (κ3) is 2.85. The molecule has 1 heterocycles. The number of ether oxygens (including phenoxy) is 1. The Kier molecular flexibility index (Phi) is 4.75. The number of methoxy groups -OCH3 is 1. The highest BCUT2D eigenvalue weighted by molar-refractivity contribution is 9.10. The number of rotatable bonds is 4. The van der Waals surface area contributed by atoms with Crippen LogP contribution in [0.1, 0.15) is 28.3 Å². The molecule has 0 amide bonds. The largest absolute Gasteiger partial charge is 0.496 e. The van der Waals surface area contributed by atoms with Crippen molar-refractivity contribution in [2.24, 2.45) is 5.84 Å². The Hall–Kier alpha value is -1.43. The predicted octanol–water partition coefficient (Wildman–Crippen LogP) is 3.02. The van der Waals surface area contributed by atoms with Crippen molar-refractivity contribution in [1.29, 1.82) is 0 Å². The van der Waals surface area contributed by atoms with E-state index in [-0.39, 0.29) is 6.04 Å². The van der Waals surface area contributed by atoms with Crippen molar-refractivity contribution < 1.29 is 4.74 Å². The zero-order chi connectivity index (χ0) is 14.7. The van der Waals surface area contributed by atoms with Gasteiger partial charge < -0.3 is 4.74 Å². The van der Waals surface area contributed by atoms with Gasteiger partial charge in [0.15, 0.2) is 0 Å². The third-order valence-electron chi connectivity index (χ3n) is 3.45. The second-order valence-corrected chi connectivity index (χ2v) is 5.58. The Balaban J connectivity index is 2.55. The Bertz CT molecular complexity index is 616. The molecule has 20 heavy (non-hydrogen) atoms. The number of hydrogen-bond donors (Lipinski definition) is 2. The van der Waals surface area contributed by atoms with Crippen LogP contribution in [0.15, 0.2) is 35.1 Å². The Labute approximate surface area is 127 Å². The molecule has 4 nitrogen and oxygen atoms in total. The summed E-state index contributed by atoms with van der Waals surface area (Å²) in [5.41, 5.74) is 7.12. The number of nitrogens with one attached hydrogen (secondary N) is 1. The SMILES string of the molecule is COc1c(C(NN)c2cncc(Br)c2)ccc(C)c1C. The van der Waals surface area contributed by atoms with Gasteiger partial charge in [-0.3, -0.25) is 10.8 Å². The highest BCUT2D eigenvalue weighted by Crippen LogP contribution is 2.34. The summed E-state index contributed by atoms with van der Waals surface area (Å²) in [6, 6.07) is 5.93. The van der Waals surface area contributed by atoms with Crippen molar-refractivity contribution >= 4 is 15.9 Å². The van der Waals surface area contributed by atoms with Gasteiger partial charge in [-0.25, -0.2) is 5.43 Å². The lowest BCUT2D eigenvalue weighted by Crippen LogP contribution is -2.29. The molecular weight excluding hydrogens is 318 g/mol. The maximum Gasteiger partial charge on any atom is 0.127 e. The number of hydrazine groups is 1. The quantitative estimate of drug-likeness (QED) is 0.666. The van der Waals surface area contributed by atoms with Gasteiger partial charge in [0.1, 0.15) is 5.75 Å². The lowest BCUT2D eigenvalue weighted by molar-refractivity contribution is 0.400. The van der Waals surface area contributed by atoms with E-state index in [4.69, 9.17) is 10.6 Å². The van der Waals surface area contributed by atoms with E-state index in [1.54, 1.807) is 19.5 Å². The first kappa shape index (κ1) is 15.0. The molecule has 1 unspecified atom stereocenters. The lowest BCUT2D eigenvalue weighted by atomic mass is 9.95. The van der Waals surface area contributed by atoms with Crippen LogP contribution in [0.25, 0.3) is 0 Å². The van der Waals surface area contributed by atoms with Crippen molar-refractivity contribution in [2.75, 3.05) is 7.11 Å². The molecule has 0 fully saturated rings. The number of nitrogens with two attached hydrogens (primary N) is 1. The monoisotopic (exact) mass is 335 g/mol. The molecule has 1 aromatic carbocycles. The second kappa shape index (κ2) is 6.35. The minimum atomic E-state index is -0.172. The molecular formula is C15H18BrN3O. The van der Waals surface area contributed by atoms with Gasteiger partial charge in [0.05, 0.1) is 13.2 Å². The number of halogens is 1. The van der Waals surface area contributed by atoms with Crippen LogP contribution in [0, 0.1) is 13.8 Å². The summed E-state index contributed by atoms with van der Waals surface area (Å²) in [7, 11) is 1.68. The van der Waals surface area contributed by atoms with Gasteiger partial charge in [-0.15, -0.1) is 0 Å². The summed E-state index contributed by atoms with van der Waals surface area (Å²) in [6.07, 6.45) is 3.54. The first-order chi connectivity index (χ1) is 9.58. The number of aryl methyl sites for hydroxylation is 1. The number of pyridine rings is 1. The van der Waals surface area contributed by atoms with Gasteiger partial charge >= 0.3 is 0 Å². The van der Waals surface area contributed by atoms with Gasteiger partial charge in [0.2, 0.25) is 0 Å². The Morgan fingerprint density at radius 2 is 2.05 bits per heavy atom. The standard InChI is InChI=1S/C15H18BrN3O/c1-9-4-5-13(15(20-3)10(9)2)14(19-17)11-6-12(16)8-18-7-11/h4-8,14,19H,17H2,1-3H3. The molecule has 0 saturated heterocycles. The molecule has 0 radical (unpaired) electrons. The fourth-order valence-corrected chi connectivity index (χ4v) is 2.64. The third-order valence-corrected chi connectivity index (χ3v) is 3.88. The van der Waals surface area contributed by atoms with E-state index >= 15 is 0 Å². The van der Waals surface area contributed by atoms with Crippen LogP contribution in [0.5, 0.6) is 5.75 Å². The average molecular weight is 336 g/mol. The van der Waals surface area contributed by atoms with E-state index in [2.05, 4.69) is 39.3 Å². The molecule has 0 aliphatic heterocycles. The van der Waals surface area contributed by atoms with Crippen LogP contribution in [0.3, 0.4) is 0 Å². The van der Waals surface area contributed by atoms with Crippen molar-refractivity contribution in [2.45, 2.75) is 19.9 Å². The molecule has 0 bridgehead atoms. The van der Waals surface area contributed by atoms with Crippen LogP contribution in [0.2, 0.25) is 0 Å². The number of aromatic nitrogens is 1. The van der Waals surface area contributed by atoms with Crippen molar-refractivity contribution in [3.05, 3.63) is 57.3 Å². The molecule has 0 aliphatic carbocycles. The summed E-state index contributed by atoms with van der Waals surface area (Å²) < 4.78 is 6.48. The molecule has 2 aromatic rings. The van der Waals surface area contributed by atoms with Crippen LogP contribution < -0.4 is 16.0 Å². The topological polar surface area (TPSA) is 60.2 Å². The summed E-state index contributed by atoms with van der Waals surface area (Å²) >= 11 is 3.43. The van der Waals surface area contributed by atoms with Gasteiger partial charge in [-0.2, -0.15) is 0 Å². The fraction of sp³-hybridized carbons (Fsp3) is 0.267. The van der Waals surface area contributed by atoms with E-state index in [9.17, 15) is 0 Å². The normalized spacial score (nSPS) is 12.2. The number of hydrogen-bond acceptors (Lipinski definition) is 4. The Morgan fingerprint density at radius 3 is 2.65 bits per heavy atom. The fourth-order valence-electron chi connectivity index (χ4n) is 2.26. The van der Waals surface area contributed by atoms with Crippen LogP contribution in [0.4, 0.5) is 0 Å². The summed E-state index contributed by atoms with van der Waals surface area (Å²) in [4.78, 5) is 4.19. The smallest absolute Gasteiger partial charge is 0.127 e. The van der Waals surface area contributed by atoms with Crippen LogP contribution >= 0.6 is 15.9 Å². The molecule has 0 saturated carbocycles. The zero-order valence-electron chi connectivity index (χ0n) is 11.8. The van der Waals surface area contributed by atoms with Crippen molar-refractivity contribution in [3.8, 4) is 5.75 Å². The predicted molar refractivity (Wildman–Crippen MR) is 83.6 cm³/mol.